The van der Waals surface area contributed by atoms with E-state index in [2.05, 4.69) is 15.2 Å². The lowest BCUT2D eigenvalue weighted by Crippen LogP contribution is -1.88. The Hall–Kier alpha value is -2.60. The Kier molecular flexibility index (Phi) is 4.16. The topological polar surface area (TPSA) is 62.2 Å². The van der Waals surface area contributed by atoms with Gasteiger partial charge in [-0.25, -0.2) is 9.37 Å². The molecule has 0 saturated heterocycles. The van der Waals surface area contributed by atoms with Gasteiger partial charge in [0.15, 0.2) is 5.82 Å². The molecule has 6 heteroatoms. The van der Waals surface area contributed by atoms with Crippen LogP contribution in [0.2, 0.25) is 0 Å². The summed E-state index contributed by atoms with van der Waals surface area (Å²) in [6.45, 7) is 4.01. The van der Waals surface area contributed by atoms with Crippen LogP contribution in [-0.4, -0.2) is 14.5 Å². The number of nitrogens with zero attached hydrogens (tertiary/aromatic N) is 4. The minimum Gasteiger partial charge on any atom is -0.392 e. The molecule has 0 atom stereocenters. The highest BCUT2D eigenvalue weighted by Crippen LogP contribution is 2.29. The second-order valence-corrected chi connectivity index (χ2v) is 5.58. The molecule has 2 heterocycles. The molecule has 3 rings (SSSR count). The van der Waals surface area contributed by atoms with Gasteiger partial charge in [0.1, 0.15) is 11.5 Å². The van der Waals surface area contributed by atoms with E-state index in [1.165, 1.54) is 12.1 Å². The summed E-state index contributed by atoms with van der Waals surface area (Å²) in [5.74, 6) is 0.425. The molecule has 0 aliphatic heterocycles. The first-order valence-corrected chi connectivity index (χ1v) is 7.37. The summed E-state index contributed by atoms with van der Waals surface area (Å²) in [6.07, 6.45) is 1.81. The molecule has 0 amide bonds. The molecular formula is C17H17FN4O. The van der Waals surface area contributed by atoms with E-state index in [4.69, 9.17) is 0 Å². The molecule has 2 aromatic heterocycles. The maximum atomic E-state index is 13.2. The van der Waals surface area contributed by atoms with Crippen molar-refractivity contribution in [3.63, 3.8) is 0 Å². The van der Waals surface area contributed by atoms with E-state index in [1.54, 1.807) is 24.4 Å². The monoisotopic (exact) mass is 312 g/mol. The predicted octanol–water partition coefficient (Wildman–Crippen LogP) is 4.50. The van der Waals surface area contributed by atoms with Gasteiger partial charge in [-0.2, -0.15) is 0 Å². The molecule has 0 radical (unpaired) electrons. The number of hydrogen-bond donors (Lipinski definition) is 1. The van der Waals surface area contributed by atoms with Gasteiger partial charge in [-0.3, -0.25) is 4.40 Å². The summed E-state index contributed by atoms with van der Waals surface area (Å²) in [4.78, 5) is 4.57. The summed E-state index contributed by atoms with van der Waals surface area (Å²) in [5.41, 5.74) is 2.74. The minimum absolute atomic E-state index is 0.0412. The fourth-order valence-electron chi connectivity index (χ4n) is 2.32. The number of hydrogen-bond acceptors (Lipinski definition) is 4. The number of rotatable bonds is 4. The van der Waals surface area contributed by atoms with E-state index in [-0.39, 0.29) is 18.3 Å². The van der Waals surface area contributed by atoms with Crippen LogP contribution in [0.3, 0.4) is 0 Å². The third-order valence-corrected chi connectivity index (χ3v) is 3.49. The highest BCUT2D eigenvalue weighted by Gasteiger charge is 2.15. The van der Waals surface area contributed by atoms with Gasteiger partial charge in [0.05, 0.1) is 18.0 Å². The Bertz CT molecular complexity index is 870. The maximum absolute atomic E-state index is 13.2. The zero-order valence-corrected chi connectivity index (χ0v) is 12.9. The third kappa shape index (κ3) is 3.12. The van der Waals surface area contributed by atoms with E-state index in [1.807, 2.05) is 24.3 Å². The van der Waals surface area contributed by atoms with Crippen LogP contribution >= 0.6 is 0 Å². The molecule has 0 saturated carbocycles. The fourth-order valence-corrected chi connectivity index (χ4v) is 2.32. The second kappa shape index (κ2) is 6.26. The van der Waals surface area contributed by atoms with Gasteiger partial charge in [0.25, 0.3) is 0 Å². The van der Waals surface area contributed by atoms with Crippen molar-refractivity contribution in [1.82, 2.24) is 9.38 Å². The van der Waals surface area contributed by atoms with E-state index in [0.717, 1.165) is 11.3 Å². The molecule has 1 N–H and O–H groups in total. The van der Waals surface area contributed by atoms with Crippen LogP contribution in [0.5, 0.6) is 0 Å². The van der Waals surface area contributed by atoms with E-state index >= 15 is 0 Å². The van der Waals surface area contributed by atoms with Crippen molar-refractivity contribution in [2.24, 2.45) is 10.2 Å². The fraction of sp³-hybridized carbons (Fsp3) is 0.235. The summed E-state index contributed by atoms with van der Waals surface area (Å²) >= 11 is 0. The zero-order chi connectivity index (χ0) is 16.4. The molecule has 118 valence electrons. The van der Waals surface area contributed by atoms with Gasteiger partial charge >= 0.3 is 0 Å². The highest BCUT2D eigenvalue weighted by atomic mass is 19.1. The highest BCUT2D eigenvalue weighted by molar-refractivity contribution is 5.54. The average molecular weight is 312 g/mol. The molecule has 1 aromatic carbocycles. The number of aromatic nitrogens is 2. The van der Waals surface area contributed by atoms with Crippen LogP contribution < -0.4 is 0 Å². The number of aliphatic hydroxyl groups is 1. The van der Waals surface area contributed by atoms with Crippen molar-refractivity contribution in [3.8, 4) is 0 Å². The van der Waals surface area contributed by atoms with Gasteiger partial charge in [0.2, 0.25) is 0 Å². The SMILES string of the molecule is CC(C)c1nc2cc(CO)ccn2c1N=Nc1cccc(F)c1. The van der Waals surface area contributed by atoms with Crippen LogP contribution in [0.25, 0.3) is 5.65 Å². The molecule has 3 aromatic rings. The Morgan fingerprint density at radius 3 is 2.74 bits per heavy atom. The lowest BCUT2D eigenvalue weighted by molar-refractivity contribution is 0.282. The first kappa shape index (κ1) is 15.3. The Balaban J connectivity index is 2.09. The third-order valence-electron chi connectivity index (χ3n) is 3.49. The number of azo groups is 1. The number of pyridine rings is 1. The standard InChI is InChI=1S/C17H17FN4O/c1-11(2)16-17(21-20-14-5-3-4-13(18)9-14)22-7-6-12(10-23)8-15(22)19-16/h3-9,11,23H,10H2,1-2H3. The molecule has 0 fully saturated rings. The first-order valence-electron chi connectivity index (χ1n) is 7.37. The van der Waals surface area contributed by atoms with E-state index in [9.17, 15) is 9.50 Å². The van der Waals surface area contributed by atoms with Gasteiger partial charge in [-0.15, -0.1) is 10.2 Å². The summed E-state index contributed by atoms with van der Waals surface area (Å²) in [6, 6.07) is 9.59. The molecule has 0 aliphatic rings. The maximum Gasteiger partial charge on any atom is 0.183 e. The largest absolute Gasteiger partial charge is 0.392 e. The number of benzene rings is 1. The Morgan fingerprint density at radius 2 is 2.04 bits per heavy atom. The lowest BCUT2D eigenvalue weighted by atomic mass is 10.1. The van der Waals surface area contributed by atoms with Crippen molar-refractivity contribution in [1.29, 1.82) is 0 Å². The zero-order valence-electron chi connectivity index (χ0n) is 12.9. The van der Waals surface area contributed by atoms with Gasteiger partial charge in [-0.1, -0.05) is 19.9 Å². The predicted molar refractivity (Wildman–Crippen MR) is 85.8 cm³/mol. The van der Waals surface area contributed by atoms with Gasteiger partial charge in [0, 0.05) is 12.3 Å². The van der Waals surface area contributed by atoms with E-state index < -0.39 is 0 Å². The van der Waals surface area contributed by atoms with Crippen molar-refractivity contribution in [2.75, 3.05) is 0 Å². The van der Waals surface area contributed by atoms with Gasteiger partial charge in [-0.05, 0) is 35.7 Å². The summed E-state index contributed by atoms with van der Waals surface area (Å²) in [5, 5.41) is 17.6. The summed E-state index contributed by atoms with van der Waals surface area (Å²) < 4.78 is 15.1. The first-order chi connectivity index (χ1) is 11.1. The number of halogens is 1. The van der Waals surface area contributed by atoms with Crippen LogP contribution in [0.4, 0.5) is 15.9 Å². The van der Waals surface area contributed by atoms with Crippen molar-refractivity contribution in [2.45, 2.75) is 26.4 Å². The Morgan fingerprint density at radius 1 is 1.22 bits per heavy atom. The normalized spacial score (nSPS) is 11.9. The van der Waals surface area contributed by atoms with E-state index in [0.29, 0.717) is 17.2 Å². The van der Waals surface area contributed by atoms with Crippen molar-refractivity contribution >= 4 is 17.2 Å². The number of fused-ring (bicyclic) bond motifs is 1. The second-order valence-electron chi connectivity index (χ2n) is 5.58. The molecular weight excluding hydrogens is 295 g/mol. The lowest BCUT2D eigenvalue weighted by Gasteiger charge is -2.02. The molecule has 0 unspecified atom stereocenters. The average Bonchev–Trinajstić information content (AvgIpc) is 2.91. The van der Waals surface area contributed by atoms with Gasteiger partial charge < -0.3 is 5.11 Å². The van der Waals surface area contributed by atoms with Crippen molar-refractivity contribution < 1.29 is 9.50 Å². The molecule has 5 nitrogen and oxygen atoms in total. The summed E-state index contributed by atoms with van der Waals surface area (Å²) in [7, 11) is 0. The molecule has 0 bridgehead atoms. The van der Waals surface area contributed by atoms with Crippen LogP contribution in [0, 0.1) is 5.82 Å². The molecule has 23 heavy (non-hydrogen) atoms. The quantitative estimate of drug-likeness (QED) is 0.721. The Labute approximate surface area is 133 Å². The van der Waals surface area contributed by atoms with Crippen LogP contribution in [-0.2, 0) is 6.61 Å². The minimum atomic E-state index is -0.351. The molecule has 0 spiro atoms. The van der Waals surface area contributed by atoms with Crippen molar-refractivity contribution in [3.05, 3.63) is 59.7 Å². The number of imidazole rings is 1. The molecule has 0 aliphatic carbocycles. The van der Waals surface area contributed by atoms with Crippen LogP contribution in [0.1, 0.15) is 31.0 Å². The van der Waals surface area contributed by atoms with Crippen LogP contribution in [0.15, 0.2) is 52.8 Å². The smallest absolute Gasteiger partial charge is 0.183 e. The number of aliphatic hydroxyl groups excluding tert-OH is 1.